The van der Waals surface area contributed by atoms with E-state index in [1.54, 1.807) is 37.6 Å². The molecule has 0 fully saturated rings. The number of rotatable bonds is 3. The topological polar surface area (TPSA) is 68.0 Å². The molecule has 0 unspecified atom stereocenters. The van der Waals surface area contributed by atoms with E-state index in [1.165, 1.54) is 0 Å². The molecule has 2 aromatic rings. The lowest BCUT2D eigenvalue weighted by molar-refractivity contribution is 0.377. The molecule has 0 aliphatic heterocycles. The lowest BCUT2D eigenvalue weighted by Gasteiger charge is -2.11. The summed E-state index contributed by atoms with van der Waals surface area (Å²) in [5.74, 6) is 1.70. The second-order valence-electron chi connectivity index (χ2n) is 3.45. The standard InChI is InChI=1S/C12H12N3O2/c1-8-10(5-6-14-15-8)17-11-4-3-9(13)7-12(11)16-2/h3-7,13H,1-2H3. The first-order chi connectivity index (χ1) is 8.20. The number of methoxy groups -OCH3 is 1. The molecule has 0 saturated carbocycles. The molecule has 0 saturated heterocycles. The van der Waals surface area contributed by atoms with Gasteiger partial charge in [0.25, 0.3) is 0 Å². The minimum atomic E-state index is 0.374. The van der Waals surface area contributed by atoms with Gasteiger partial charge in [0.15, 0.2) is 17.2 Å². The summed E-state index contributed by atoms with van der Waals surface area (Å²) in [7, 11) is 1.54. The van der Waals surface area contributed by atoms with E-state index in [0.29, 0.717) is 28.6 Å². The molecular formula is C12H12N3O2. The molecule has 5 nitrogen and oxygen atoms in total. The zero-order chi connectivity index (χ0) is 12.3. The third kappa shape index (κ3) is 2.44. The van der Waals surface area contributed by atoms with Crippen molar-refractivity contribution in [2.75, 3.05) is 7.11 Å². The third-order valence-electron chi connectivity index (χ3n) is 2.24. The van der Waals surface area contributed by atoms with Crippen LogP contribution in [0.4, 0.5) is 5.69 Å². The Morgan fingerprint density at radius 2 is 1.94 bits per heavy atom. The van der Waals surface area contributed by atoms with E-state index in [0.717, 1.165) is 0 Å². The Bertz CT molecular complexity index is 529. The van der Waals surface area contributed by atoms with E-state index < -0.39 is 0 Å². The maximum atomic E-state index is 7.50. The summed E-state index contributed by atoms with van der Waals surface area (Å²) in [6, 6.07) is 6.67. The Hall–Kier alpha value is -2.30. The Morgan fingerprint density at radius 3 is 2.65 bits per heavy atom. The van der Waals surface area contributed by atoms with Crippen molar-refractivity contribution >= 4 is 5.69 Å². The monoisotopic (exact) mass is 230 g/mol. The normalized spacial score (nSPS) is 10.0. The van der Waals surface area contributed by atoms with Crippen LogP contribution in [-0.2, 0) is 0 Å². The Morgan fingerprint density at radius 1 is 1.12 bits per heavy atom. The minimum Gasteiger partial charge on any atom is -0.493 e. The molecule has 0 atom stereocenters. The van der Waals surface area contributed by atoms with Crippen LogP contribution < -0.4 is 15.2 Å². The average molecular weight is 230 g/mol. The molecule has 1 N–H and O–H groups in total. The zero-order valence-corrected chi connectivity index (χ0v) is 9.60. The number of nitrogens with zero attached hydrogens (tertiary/aromatic N) is 2. The molecular weight excluding hydrogens is 218 g/mol. The van der Waals surface area contributed by atoms with Crippen LogP contribution in [0.1, 0.15) is 5.69 Å². The number of nitrogens with one attached hydrogen (secondary N) is 1. The van der Waals surface area contributed by atoms with Gasteiger partial charge in [0, 0.05) is 12.1 Å². The van der Waals surface area contributed by atoms with E-state index in [1.807, 2.05) is 6.92 Å². The molecule has 17 heavy (non-hydrogen) atoms. The summed E-state index contributed by atoms with van der Waals surface area (Å²) >= 11 is 0. The van der Waals surface area contributed by atoms with Gasteiger partial charge in [-0.15, -0.1) is 0 Å². The summed E-state index contributed by atoms with van der Waals surface area (Å²) in [5, 5.41) is 7.65. The summed E-state index contributed by atoms with van der Waals surface area (Å²) in [4.78, 5) is 0. The summed E-state index contributed by atoms with van der Waals surface area (Å²) in [6.07, 6.45) is 1.56. The van der Waals surface area contributed by atoms with Crippen molar-refractivity contribution in [3.05, 3.63) is 36.2 Å². The highest BCUT2D eigenvalue weighted by Crippen LogP contribution is 2.33. The van der Waals surface area contributed by atoms with Crippen molar-refractivity contribution in [3.63, 3.8) is 0 Å². The molecule has 87 valence electrons. The van der Waals surface area contributed by atoms with Crippen molar-refractivity contribution in [2.24, 2.45) is 0 Å². The largest absolute Gasteiger partial charge is 0.493 e. The first-order valence-corrected chi connectivity index (χ1v) is 5.06. The number of ether oxygens (including phenoxy) is 2. The average Bonchev–Trinajstić information content (AvgIpc) is 2.34. The van der Waals surface area contributed by atoms with Crippen molar-refractivity contribution < 1.29 is 9.47 Å². The van der Waals surface area contributed by atoms with Gasteiger partial charge in [0.1, 0.15) is 5.69 Å². The first kappa shape index (κ1) is 11.2. The number of hydrogen-bond acceptors (Lipinski definition) is 4. The highest BCUT2D eigenvalue weighted by molar-refractivity contribution is 5.51. The molecule has 0 aliphatic carbocycles. The maximum Gasteiger partial charge on any atom is 0.169 e. The Balaban J connectivity index is 2.33. The minimum absolute atomic E-state index is 0.374. The summed E-state index contributed by atoms with van der Waals surface area (Å²) in [6.45, 7) is 1.81. The van der Waals surface area contributed by atoms with Gasteiger partial charge < -0.3 is 15.2 Å². The molecule has 1 heterocycles. The van der Waals surface area contributed by atoms with E-state index in [9.17, 15) is 0 Å². The van der Waals surface area contributed by atoms with Crippen molar-refractivity contribution in [3.8, 4) is 17.2 Å². The van der Waals surface area contributed by atoms with Gasteiger partial charge in [0.2, 0.25) is 0 Å². The van der Waals surface area contributed by atoms with E-state index in [-0.39, 0.29) is 0 Å². The van der Waals surface area contributed by atoms with E-state index in [2.05, 4.69) is 10.2 Å². The smallest absolute Gasteiger partial charge is 0.169 e. The second-order valence-corrected chi connectivity index (χ2v) is 3.45. The fraction of sp³-hybridized carbons (Fsp3) is 0.167. The van der Waals surface area contributed by atoms with Crippen LogP contribution in [0.5, 0.6) is 17.2 Å². The van der Waals surface area contributed by atoms with Crippen LogP contribution in [0.2, 0.25) is 0 Å². The highest BCUT2D eigenvalue weighted by Gasteiger charge is 2.08. The van der Waals surface area contributed by atoms with Crippen LogP contribution >= 0.6 is 0 Å². The number of hydrogen-bond donors (Lipinski definition) is 0. The fourth-order valence-corrected chi connectivity index (χ4v) is 1.37. The number of aryl methyl sites for hydroxylation is 1. The molecule has 1 aromatic carbocycles. The SMILES string of the molecule is COc1cc([NH])ccc1Oc1ccnnc1C. The lowest BCUT2D eigenvalue weighted by Crippen LogP contribution is -1.94. The van der Waals surface area contributed by atoms with Crippen LogP contribution in [0.15, 0.2) is 30.5 Å². The molecule has 0 spiro atoms. The maximum absolute atomic E-state index is 7.50. The van der Waals surface area contributed by atoms with E-state index in [4.69, 9.17) is 15.2 Å². The van der Waals surface area contributed by atoms with Gasteiger partial charge in [-0.25, -0.2) is 0 Å². The predicted octanol–water partition coefficient (Wildman–Crippen LogP) is 2.50. The van der Waals surface area contributed by atoms with E-state index >= 15 is 0 Å². The molecule has 5 heteroatoms. The quantitative estimate of drug-likeness (QED) is 0.812. The highest BCUT2D eigenvalue weighted by atomic mass is 16.5. The van der Waals surface area contributed by atoms with Gasteiger partial charge in [-0.3, -0.25) is 0 Å². The van der Waals surface area contributed by atoms with Crippen molar-refractivity contribution in [1.29, 1.82) is 0 Å². The molecule has 0 bridgehead atoms. The van der Waals surface area contributed by atoms with Crippen molar-refractivity contribution in [2.45, 2.75) is 6.92 Å². The van der Waals surface area contributed by atoms with Crippen LogP contribution in [0.25, 0.3) is 0 Å². The van der Waals surface area contributed by atoms with Gasteiger partial charge in [-0.2, -0.15) is 10.2 Å². The molecule has 2 rings (SSSR count). The first-order valence-electron chi connectivity index (χ1n) is 5.06. The molecule has 0 aliphatic rings. The summed E-state index contributed by atoms with van der Waals surface area (Å²) in [5.41, 5.74) is 8.57. The predicted molar refractivity (Wildman–Crippen MR) is 62.6 cm³/mol. The molecule has 1 aromatic heterocycles. The number of aromatic nitrogens is 2. The Kier molecular flexibility index (Phi) is 3.09. The van der Waals surface area contributed by atoms with Gasteiger partial charge in [-0.05, 0) is 19.1 Å². The van der Waals surface area contributed by atoms with Crippen molar-refractivity contribution in [1.82, 2.24) is 15.9 Å². The van der Waals surface area contributed by atoms with Crippen LogP contribution in [0.3, 0.4) is 0 Å². The van der Waals surface area contributed by atoms with Crippen LogP contribution in [0, 0.1) is 6.92 Å². The second kappa shape index (κ2) is 4.69. The summed E-state index contributed by atoms with van der Waals surface area (Å²) < 4.78 is 10.8. The fourth-order valence-electron chi connectivity index (χ4n) is 1.37. The third-order valence-corrected chi connectivity index (χ3v) is 2.24. The van der Waals surface area contributed by atoms with Gasteiger partial charge in [-0.1, -0.05) is 0 Å². The number of benzene rings is 1. The lowest BCUT2D eigenvalue weighted by atomic mass is 10.3. The van der Waals surface area contributed by atoms with Crippen LogP contribution in [-0.4, -0.2) is 17.3 Å². The molecule has 1 radical (unpaired) electrons. The van der Waals surface area contributed by atoms with Gasteiger partial charge in [0.05, 0.1) is 19.0 Å². The zero-order valence-electron chi connectivity index (χ0n) is 9.60. The van der Waals surface area contributed by atoms with Gasteiger partial charge >= 0.3 is 0 Å². The molecule has 0 amide bonds. The Labute approximate surface area is 99.2 Å².